The normalized spacial score (nSPS) is 18.5. The number of hydrogen-bond donors (Lipinski definition) is 2. The molecular weight excluding hydrogens is 419 g/mol. The van der Waals surface area contributed by atoms with Gasteiger partial charge in [-0.2, -0.15) is 4.98 Å². The largest absolute Gasteiger partial charge is 0.354 e. The summed E-state index contributed by atoms with van der Waals surface area (Å²) >= 11 is 13.0. The number of anilines is 2. The van der Waals surface area contributed by atoms with Crippen LogP contribution in [0.4, 0.5) is 11.8 Å². The maximum atomic E-state index is 6.48. The molecule has 156 valence electrons. The molecule has 1 fully saturated rings. The van der Waals surface area contributed by atoms with Crippen LogP contribution in [-0.4, -0.2) is 48.5 Å². The fraction of sp³-hybridized carbons (Fsp3) is 0.409. The van der Waals surface area contributed by atoms with Crippen LogP contribution >= 0.6 is 23.2 Å². The van der Waals surface area contributed by atoms with E-state index < -0.39 is 0 Å². The number of amidine groups is 1. The highest BCUT2D eigenvalue weighted by Gasteiger charge is 2.32. The minimum absolute atomic E-state index is 0.615. The summed E-state index contributed by atoms with van der Waals surface area (Å²) in [6, 6.07) is 5.56. The van der Waals surface area contributed by atoms with Crippen molar-refractivity contribution < 1.29 is 0 Å². The van der Waals surface area contributed by atoms with E-state index in [1.807, 2.05) is 30.5 Å². The molecule has 1 aromatic heterocycles. The van der Waals surface area contributed by atoms with Crippen molar-refractivity contribution in [3.8, 4) is 0 Å². The fourth-order valence-corrected chi connectivity index (χ4v) is 4.99. The van der Waals surface area contributed by atoms with Crippen molar-refractivity contribution in [1.29, 1.82) is 0 Å². The lowest BCUT2D eigenvalue weighted by atomic mass is 9.95. The number of rotatable bonds is 5. The highest BCUT2D eigenvalue weighted by Crippen LogP contribution is 2.40. The predicted molar refractivity (Wildman–Crippen MR) is 125 cm³/mol. The molecule has 30 heavy (non-hydrogen) atoms. The van der Waals surface area contributed by atoms with Gasteiger partial charge in [-0.1, -0.05) is 29.3 Å². The van der Waals surface area contributed by atoms with Gasteiger partial charge >= 0.3 is 0 Å². The second-order valence-electron chi connectivity index (χ2n) is 7.89. The van der Waals surface area contributed by atoms with E-state index in [9.17, 15) is 0 Å². The van der Waals surface area contributed by atoms with Gasteiger partial charge in [0.05, 0.1) is 16.6 Å². The standard InChI is InChI=1S/C22H24Cl2N6/c23-17-2-1-3-18(24)19(17)16-12-15-13-28-22(27-9-6-14-4-7-25-8-5-14)29-20(15)30-11-10-26-21(16)30/h1-3,12-14,25H,4-11H2,(H,27,28,29). The smallest absolute Gasteiger partial charge is 0.224 e. The summed E-state index contributed by atoms with van der Waals surface area (Å²) in [4.78, 5) is 16.2. The van der Waals surface area contributed by atoms with Crippen LogP contribution in [0.1, 0.15) is 30.4 Å². The molecule has 0 aliphatic carbocycles. The summed E-state index contributed by atoms with van der Waals surface area (Å²) in [6.45, 7) is 4.65. The second kappa shape index (κ2) is 8.53. The van der Waals surface area contributed by atoms with E-state index in [4.69, 9.17) is 33.2 Å². The molecule has 2 aromatic rings. The van der Waals surface area contributed by atoms with Gasteiger partial charge in [0.2, 0.25) is 5.95 Å². The first-order valence-electron chi connectivity index (χ1n) is 10.5. The van der Waals surface area contributed by atoms with Crippen LogP contribution in [0.3, 0.4) is 0 Å². The maximum absolute atomic E-state index is 6.48. The molecule has 0 bridgehead atoms. The van der Waals surface area contributed by atoms with Crippen LogP contribution in [0.2, 0.25) is 10.0 Å². The third kappa shape index (κ3) is 3.80. The summed E-state index contributed by atoms with van der Waals surface area (Å²) in [5.74, 6) is 3.20. The van der Waals surface area contributed by atoms with Gasteiger partial charge in [-0.3, -0.25) is 4.99 Å². The van der Waals surface area contributed by atoms with Gasteiger partial charge in [-0.25, -0.2) is 4.98 Å². The lowest BCUT2D eigenvalue weighted by Crippen LogP contribution is -2.32. The lowest BCUT2D eigenvalue weighted by Gasteiger charge is -2.28. The Morgan fingerprint density at radius 3 is 2.77 bits per heavy atom. The van der Waals surface area contributed by atoms with Gasteiger partial charge < -0.3 is 15.5 Å². The van der Waals surface area contributed by atoms with E-state index in [-0.39, 0.29) is 0 Å². The summed E-state index contributed by atoms with van der Waals surface area (Å²) in [6.07, 6.45) is 7.56. The molecule has 1 saturated heterocycles. The second-order valence-corrected chi connectivity index (χ2v) is 8.71. The van der Waals surface area contributed by atoms with Gasteiger partial charge in [-0.05, 0) is 56.5 Å². The molecule has 0 spiro atoms. The number of benzene rings is 1. The number of nitrogens with zero attached hydrogens (tertiary/aromatic N) is 4. The Bertz CT molecular complexity index is 992. The molecule has 2 N–H and O–H groups in total. The molecule has 0 saturated carbocycles. The Hall–Kier alpha value is -2.15. The highest BCUT2D eigenvalue weighted by atomic mass is 35.5. The summed E-state index contributed by atoms with van der Waals surface area (Å²) in [5, 5.41) is 8.06. The van der Waals surface area contributed by atoms with E-state index in [0.29, 0.717) is 16.0 Å². The molecule has 6 nitrogen and oxygen atoms in total. The average molecular weight is 443 g/mol. The first-order valence-corrected chi connectivity index (χ1v) is 11.3. The number of hydrogen-bond acceptors (Lipinski definition) is 6. The van der Waals surface area contributed by atoms with E-state index in [0.717, 1.165) is 73.4 Å². The van der Waals surface area contributed by atoms with Crippen molar-refractivity contribution >= 4 is 52.5 Å². The molecule has 0 atom stereocenters. The van der Waals surface area contributed by atoms with Gasteiger partial charge in [0.15, 0.2) is 0 Å². The fourth-order valence-electron chi connectivity index (χ4n) is 4.39. The molecule has 3 aliphatic heterocycles. The molecule has 3 aliphatic rings. The van der Waals surface area contributed by atoms with Crippen LogP contribution in [-0.2, 0) is 0 Å². The third-order valence-corrected chi connectivity index (χ3v) is 6.59. The SMILES string of the molecule is Clc1cccc(Cl)c1C1=Cc2cnc(NCCC3CCNCC3)nc2N2CCN=C12. The monoisotopic (exact) mass is 442 g/mol. The molecule has 5 rings (SSSR count). The summed E-state index contributed by atoms with van der Waals surface area (Å²) in [7, 11) is 0. The van der Waals surface area contributed by atoms with Crippen molar-refractivity contribution in [2.45, 2.75) is 19.3 Å². The van der Waals surface area contributed by atoms with Crippen molar-refractivity contribution in [2.75, 3.05) is 42.9 Å². The minimum atomic E-state index is 0.615. The highest BCUT2D eigenvalue weighted by molar-refractivity contribution is 6.44. The molecule has 1 aromatic carbocycles. The molecular formula is C22H24Cl2N6. The molecule has 4 heterocycles. The third-order valence-electron chi connectivity index (χ3n) is 5.96. The zero-order chi connectivity index (χ0) is 20.5. The summed E-state index contributed by atoms with van der Waals surface area (Å²) < 4.78 is 0. The first kappa shape index (κ1) is 19.8. The van der Waals surface area contributed by atoms with Gasteiger partial charge in [-0.15, -0.1) is 0 Å². The quantitative estimate of drug-likeness (QED) is 0.719. The average Bonchev–Trinajstić information content (AvgIpc) is 3.25. The summed E-state index contributed by atoms with van der Waals surface area (Å²) in [5.41, 5.74) is 2.68. The zero-order valence-electron chi connectivity index (χ0n) is 16.7. The van der Waals surface area contributed by atoms with Crippen molar-refractivity contribution in [2.24, 2.45) is 10.9 Å². The minimum Gasteiger partial charge on any atom is -0.354 e. The van der Waals surface area contributed by atoms with Gasteiger partial charge in [0.1, 0.15) is 11.7 Å². The molecule has 0 amide bonds. The number of aromatic nitrogens is 2. The molecule has 8 heteroatoms. The Kier molecular flexibility index (Phi) is 5.63. The van der Waals surface area contributed by atoms with Crippen LogP contribution in [0.25, 0.3) is 11.6 Å². The van der Waals surface area contributed by atoms with Crippen LogP contribution in [0, 0.1) is 5.92 Å². The Labute approximate surface area is 186 Å². The number of piperidine rings is 1. The van der Waals surface area contributed by atoms with E-state index >= 15 is 0 Å². The topological polar surface area (TPSA) is 65.4 Å². The van der Waals surface area contributed by atoms with Crippen molar-refractivity contribution in [3.05, 3.63) is 45.6 Å². The molecule has 0 unspecified atom stereocenters. The van der Waals surface area contributed by atoms with E-state index in [1.54, 1.807) is 0 Å². The Balaban J connectivity index is 1.40. The van der Waals surface area contributed by atoms with Crippen LogP contribution in [0.5, 0.6) is 0 Å². The van der Waals surface area contributed by atoms with Crippen LogP contribution in [0.15, 0.2) is 29.4 Å². The number of aliphatic imine (C=N–C) groups is 1. The number of nitrogens with one attached hydrogen (secondary N) is 2. The Morgan fingerprint density at radius 2 is 1.97 bits per heavy atom. The first-order chi connectivity index (χ1) is 14.7. The molecule has 0 radical (unpaired) electrons. The Morgan fingerprint density at radius 1 is 1.17 bits per heavy atom. The zero-order valence-corrected chi connectivity index (χ0v) is 18.2. The van der Waals surface area contributed by atoms with Crippen molar-refractivity contribution in [1.82, 2.24) is 15.3 Å². The van der Waals surface area contributed by atoms with E-state index in [1.165, 1.54) is 12.8 Å². The lowest BCUT2D eigenvalue weighted by molar-refractivity contribution is 0.361. The number of fused-ring (bicyclic) bond motifs is 3. The van der Waals surface area contributed by atoms with Gasteiger partial charge in [0.25, 0.3) is 0 Å². The predicted octanol–water partition coefficient (Wildman–Crippen LogP) is 4.36. The maximum Gasteiger partial charge on any atom is 0.224 e. The van der Waals surface area contributed by atoms with E-state index in [2.05, 4.69) is 20.5 Å². The van der Waals surface area contributed by atoms with Crippen molar-refractivity contribution in [3.63, 3.8) is 0 Å². The van der Waals surface area contributed by atoms with Crippen LogP contribution < -0.4 is 15.5 Å². The number of halogens is 2. The van der Waals surface area contributed by atoms with Gasteiger partial charge in [0, 0.05) is 36.0 Å².